The summed E-state index contributed by atoms with van der Waals surface area (Å²) >= 11 is 3.46. The number of carbonyl (C=O) groups excluding carboxylic acids is 2. The van der Waals surface area contributed by atoms with Crippen molar-refractivity contribution in [3.8, 4) is 5.75 Å². The lowest BCUT2D eigenvalue weighted by atomic mass is 10.1. The minimum atomic E-state index is -0.211. The third kappa shape index (κ3) is 7.00. The van der Waals surface area contributed by atoms with E-state index < -0.39 is 0 Å². The second-order valence-electron chi connectivity index (χ2n) is 7.02. The number of nitrogens with one attached hydrogen (secondary N) is 2. The van der Waals surface area contributed by atoms with Gasteiger partial charge >= 0.3 is 0 Å². The van der Waals surface area contributed by atoms with Gasteiger partial charge in [-0.2, -0.15) is 0 Å². The van der Waals surface area contributed by atoms with Crippen LogP contribution in [0.4, 0.5) is 11.4 Å². The minimum absolute atomic E-state index is 0.0159. The van der Waals surface area contributed by atoms with Gasteiger partial charge in [-0.15, -0.1) is 0 Å². The number of carbonyl (C=O) groups is 2. The largest absolute Gasteiger partial charge is 0.492 e. The van der Waals surface area contributed by atoms with Gasteiger partial charge in [0.1, 0.15) is 5.75 Å². The molecule has 0 spiro atoms. The number of rotatable bonds is 9. The van der Waals surface area contributed by atoms with Crippen LogP contribution in [0.3, 0.4) is 0 Å². The van der Waals surface area contributed by atoms with Gasteiger partial charge in [-0.25, -0.2) is 0 Å². The molecule has 0 heterocycles. The third-order valence-electron chi connectivity index (χ3n) is 3.97. The number of benzene rings is 2. The normalized spacial score (nSPS) is 10.6. The van der Waals surface area contributed by atoms with Gasteiger partial charge in [-0.3, -0.25) is 9.59 Å². The van der Waals surface area contributed by atoms with Crippen molar-refractivity contribution in [1.82, 2.24) is 0 Å². The van der Waals surface area contributed by atoms with E-state index in [1.165, 1.54) is 0 Å². The van der Waals surface area contributed by atoms with Gasteiger partial charge in [0.05, 0.1) is 11.1 Å². The van der Waals surface area contributed by atoms with E-state index in [0.717, 1.165) is 23.1 Å². The van der Waals surface area contributed by atoms with Crippen molar-refractivity contribution in [2.45, 2.75) is 40.0 Å². The molecule has 2 rings (SSSR count). The zero-order valence-corrected chi connectivity index (χ0v) is 18.1. The highest BCUT2D eigenvalue weighted by molar-refractivity contribution is 9.10. The van der Waals surface area contributed by atoms with Crippen LogP contribution in [0.15, 0.2) is 46.9 Å². The average Bonchev–Trinajstić information content (AvgIpc) is 2.64. The lowest BCUT2D eigenvalue weighted by Crippen LogP contribution is -2.14. The fourth-order valence-corrected chi connectivity index (χ4v) is 3.00. The molecule has 0 fully saturated rings. The van der Waals surface area contributed by atoms with E-state index in [2.05, 4.69) is 33.5 Å². The zero-order chi connectivity index (χ0) is 20.5. The van der Waals surface area contributed by atoms with E-state index in [-0.39, 0.29) is 11.8 Å². The Morgan fingerprint density at radius 1 is 1.04 bits per heavy atom. The van der Waals surface area contributed by atoms with Crippen molar-refractivity contribution >= 4 is 39.1 Å². The molecule has 150 valence electrons. The molecule has 28 heavy (non-hydrogen) atoms. The maximum absolute atomic E-state index is 12.5. The first-order valence-corrected chi connectivity index (χ1v) is 10.3. The SMILES string of the molecule is CCCCOc1ccc(C(=O)Nc2ccc(NC(=O)CC(C)C)cc2)cc1Br. The molecule has 0 unspecified atom stereocenters. The highest BCUT2D eigenvalue weighted by Crippen LogP contribution is 2.27. The van der Waals surface area contributed by atoms with E-state index in [1.807, 2.05) is 13.8 Å². The van der Waals surface area contributed by atoms with E-state index in [0.29, 0.717) is 35.9 Å². The molecule has 2 aromatic carbocycles. The molecule has 0 aliphatic heterocycles. The quantitative estimate of drug-likeness (QED) is 0.473. The lowest BCUT2D eigenvalue weighted by Gasteiger charge is -2.11. The van der Waals surface area contributed by atoms with E-state index >= 15 is 0 Å². The Morgan fingerprint density at radius 2 is 1.68 bits per heavy atom. The van der Waals surface area contributed by atoms with Crippen LogP contribution in [0.5, 0.6) is 5.75 Å². The summed E-state index contributed by atoms with van der Waals surface area (Å²) in [7, 11) is 0. The van der Waals surface area contributed by atoms with Crippen LogP contribution >= 0.6 is 15.9 Å². The lowest BCUT2D eigenvalue weighted by molar-refractivity contribution is -0.116. The molecule has 0 atom stereocenters. The van der Waals surface area contributed by atoms with Crippen LogP contribution in [-0.4, -0.2) is 18.4 Å². The van der Waals surface area contributed by atoms with Crippen molar-refractivity contribution < 1.29 is 14.3 Å². The van der Waals surface area contributed by atoms with Crippen LogP contribution < -0.4 is 15.4 Å². The fraction of sp³-hybridized carbons (Fsp3) is 0.364. The number of hydrogen-bond acceptors (Lipinski definition) is 3. The number of anilines is 2. The monoisotopic (exact) mass is 446 g/mol. The van der Waals surface area contributed by atoms with Gasteiger partial charge in [0, 0.05) is 23.4 Å². The standard InChI is InChI=1S/C22H27BrN2O3/c1-4-5-12-28-20-11-6-16(14-19(20)23)22(27)25-18-9-7-17(8-10-18)24-21(26)13-15(2)3/h6-11,14-15H,4-5,12-13H2,1-3H3,(H,24,26)(H,25,27). The minimum Gasteiger partial charge on any atom is -0.492 e. The van der Waals surface area contributed by atoms with Crippen LogP contribution in [0.25, 0.3) is 0 Å². The van der Waals surface area contributed by atoms with Crippen molar-refractivity contribution in [2.75, 3.05) is 17.2 Å². The Kier molecular flexibility index (Phi) is 8.51. The van der Waals surface area contributed by atoms with Crippen LogP contribution in [-0.2, 0) is 4.79 Å². The Morgan fingerprint density at radius 3 is 2.25 bits per heavy atom. The Hall–Kier alpha value is -2.34. The average molecular weight is 447 g/mol. The third-order valence-corrected chi connectivity index (χ3v) is 4.59. The summed E-state index contributed by atoms with van der Waals surface area (Å²) in [5.41, 5.74) is 1.90. The molecule has 5 nitrogen and oxygen atoms in total. The fourth-order valence-electron chi connectivity index (χ4n) is 2.51. The van der Waals surface area contributed by atoms with E-state index in [4.69, 9.17) is 4.74 Å². The van der Waals surface area contributed by atoms with Gasteiger partial charge in [-0.1, -0.05) is 27.2 Å². The number of amides is 2. The van der Waals surface area contributed by atoms with Crippen molar-refractivity contribution in [2.24, 2.45) is 5.92 Å². The second-order valence-corrected chi connectivity index (χ2v) is 7.88. The Balaban J connectivity index is 1.95. The molecule has 6 heteroatoms. The predicted octanol–water partition coefficient (Wildman–Crippen LogP) is 5.86. The van der Waals surface area contributed by atoms with Gasteiger partial charge in [0.2, 0.25) is 5.91 Å². The van der Waals surface area contributed by atoms with Crippen LogP contribution in [0, 0.1) is 5.92 Å². The number of hydrogen-bond donors (Lipinski definition) is 2. The molecule has 0 aliphatic carbocycles. The van der Waals surface area contributed by atoms with E-state index in [1.54, 1.807) is 42.5 Å². The van der Waals surface area contributed by atoms with Crippen molar-refractivity contribution in [1.29, 1.82) is 0 Å². The van der Waals surface area contributed by atoms with E-state index in [9.17, 15) is 9.59 Å². The molecule has 0 bridgehead atoms. The summed E-state index contributed by atoms with van der Waals surface area (Å²) in [6.07, 6.45) is 2.53. The molecule has 2 N–H and O–H groups in total. The van der Waals surface area contributed by atoms with Gasteiger partial charge in [0.25, 0.3) is 5.91 Å². The molecule has 0 aromatic heterocycles. The first kappa shape index (κ1) is 22.0. The van der Waals surface area contributed by atoms with Crippen LogP contribution in [0.2, 0.25) is 0 Å². The molecule has 0 radical (unpaired) electrons. The molecule has 0 saturated carbocycles. The molecule has 0 saturated heterocycles. The highest BCUT2D eigenvalue weighted by atomic mass is 79.9. The molecular weight excluding hydrogens is 420 g/mol. The summed E-state index contributed by atoms with van der Waals surface area (Å²) in [6.45, 7) is 6.76. The Bertz CT molecular complexity index is 804. The van der Waals surface area contributed by atoms with Gasteiger partial charge in [-0.05, 0) is 70.7 Å². The summed E-state index contributed by atoms with van der Waals surface area (Å²) in [5, 5.41) is 5.70. The topological polar surface area (TPSA) is 67.4 Å². The summed E-state index contributed by atoms with van der Waals surface area (Å²) in [6, 6.07) is 12.4. The van der Waals surface area contributed by atoms with Gasteiger partial charge < -0.3 is 15.4 Å². The first-order valence-electron chi connectivity index (χ1n) is 9.52. The van der Waals surface area contributed by atoms with Crippen molar-refractivity contribution in [3.05, 3.63) is 52.5 Å². The molecule has 0 aliphatic rings. The second kappa shape index (κ2) is 10.9. The maximum Gasteiger partial charge on any atom is 0.255 e. The Labute approximate surface area is 175 Å². The highest BCUT2D eigenvalue weighted by Gasteiger charge is 2.10. The van der Waals surface area contributed by atoms with Crippen molar-refractivity contribution in [3.63, 3.8) is 0 Å². The predicted molar refractivity (Wildman–Crippen MR) is 117 cm³/mol. The number of ether oxygens (including phenoxy) is 1. The summed E-state index contributed by atoms with van der Waals surface area (Å²) in [4.78, 5) is 24.3. The molecular formula is C22H27BrN2O3. The zero-order valence-electron chi connectivity index (χ0n) is 16.5. The number of unbranched alkanes of at least 4 members (excludes halogenated alkanes) is 1. The van der Waals surface area contributed by atoms with Gasteiger partial charge in [0.15, 0.2) is 0 Å². The smallest absolute Gasteiger partial charge is 0.255 e. The molecule has 2 aromatic rings. The number of halogens is 1. The van der Waals surface area contributed by atoms with Crippen LogP contribution in [0.1, 0.15) is 50.4 Å². The summed E-state index contributed by atoms with van der Waals surface area (Å²) < 4.78 is 6.44. The molecule has 2 amide bonds. The maximum atomic E-state index is 12.5. The summed E-state index contributed by atoms with van der Waals surface area (Å²) in [5.74, 6) is 0.808. The first-order chi connectivity index (χ1) is 13.4.